The van der Waals surface area contributed by atoms with E-state index in [4.69, 9.17) is 5.73 Å². The molecule has 0 bridgehead atoms. The van der Waals surface area contributed by atoms with E-state index in [9.17, 15) is 30.9 Å². The zero-order chi connectivity index (χ0) is 23.0. The van der Waals surface area contributed by atoms with Crippen LogP contribution in [0.25, 0.3) is 0 Å². The largest absolute Gasteiger partial charge is 0.416 e. The fourth-order valence-corrected chi connectivity index (χ4v) is 4.73. The van der Waals surface area contributed by atoms with Gasteiger partial charge < -0.3 is 5.73 Å². The normalized spacial score (nSPS) is 12.6. The Bertz CT molecular complexity index is 1070. The number of benzene rings is 2. The molecule has 0 aliphatic heterocycles. The summed E-state index contributed by atoms with van der Waals surface area (Å²) in [6, 6.07) is 5.97. The van der Waals surface area contributed by atoms with E-state index in [1.54, 1.807) is 27.7 Å². The molecule has 2 aromatic rings. The van der Waals surface area contributed by atoms with E-state index in [2.05, 4.69) is 0 Å². The summed E-state index contributed by atoms with van der Waals surface area (Å²) in [6.07, 6.45) is -5.27. The lowest BCUT2D eigenvalue weighted by atomic mass is 9.86. The molecule has 30 heavy (non-hydrogen) atoms. The minimum Gasteiger partial charge on any atom is -0.398 e. The van der Waals surface area contributed by atoms with Crippen LogP contribution in [0.4, 0.5) is 18.9 Å². The predicted molar refractivity (Wildman–Crippen MR) is 108 cm³/mol. The Morgan fingerprint density at radius 1 is 1.10 bits per heavy atom. The zero-order valence-electron chi connectivity index (χ0n) is 17.0. The van der Waals surface area contributed by atoms with Crippen LogP contribution in [0.5, 0.6) is 0 Å². The zero-order valence-corrected chi connectivity index (χ0v) is 17.9. The van der Waals surface area contributed by atoms with Gasteiger partial charge in [0.2, 0.25) is 0 Å². The van der Waals surface area contributed by atoms with E-state index in [0.29, 0.717) is 0 Å². The van der Waals surface area contributed by atoms with Crippen molar-refractivity contribution in [2.75, 3.05) is 5.73 Å². The van der Waals surface area contributed by atoms with Crippen molar-refractivity contribution in [1.29, 1.82) is 0 Å². The van der Waals surface area contributed by atoms with Gasteiger partial charge in [0.1, 0.15) is 4.90 Å². The first-order valence-corrected chi connectivity index (χ1v) is 10.7. The molecule has 0 spiro atoms. The fraction of sp³-hybridized carbons (Fsp3) is 0.381. The lowest BCUT2D eigenvalue weighted by molar-refractivity contribution is -0.138. The Morgan fingerprint density at radius 3 is 2.13 bits per heavy atom. The van der Waals surface area contributed by atoms with Gasteiger partial charge in [-0.15, -0.1) is 0 Å². The van der Waals surface area contributed by atoms with Gasteiger partial charge in [-0.1, -0.05) is 45.9 Å². The first-order chi connectivity index (χ1) is 13.7. The third-order valence-electron chi connectivity index (χ3n) is 4.79. The van der Waals surface area contributed by atoms with Gasteiger partial charge in [0.25, 0.3) is 10.1 Å². The number of ketones is 1. The van der Waals surface area contributed by atoms with Gasteiger partial charge in [-0.2, -0.15) is 21.6 Å². The van der Waals surface area contributed by atoms with Crippen LogP contribution >= 0.6 is 0 Å². The average molecular weight is 443 g/mol. The van der Waals surface area contributed by atoms with Crippen molar-refractivity contribution >= 4 is 21.6 Å². The summed E-state index contributed by atoms with van der Waals surface area (Å²) >= 11 is 0. The molecule has 0 amide bonds. The summed E-state index contributed by atoms with van der Waals surface area (Å²) < 4.78 is 74.1. The third kappa shape index (κ3) is 4.84. The molecule has 0 saturated carbocycles. The van der Waals surface area contributed by atoms with E-state index in [0.717, 1.165) is 6.07 Å². The quantitative estimate of drug-likeness (QED) is 0.363. The second-order valence-corrected chi connectivity index (χ2v) is 9.07. The Morgan fingerprint density at radius 2 is 1.67 bits per heavy atom. The smallest absolute Gasteiger partial charge is 0.398 e. The van der Waals surface area contributed by atoms with Crippen molar-refractivity contribution in [3.8, 4) is 0 Å². The number of alkyl halides is 3. The topological polar surface area (TPSA) is 97.5 Å². The van der Waals surface area contributed by atoms with Crippen LogP contribution in [-0.2, 0) is 22.7 Å². The van der Waals surface area contributed by atoms with Crippen LogP contribution in [0.2, 0.25) is 0 Å². The molecular formula is C21H24F3NO4S. The summed E-state index contributed by atoms with van der Waals surface area (Å²) in [5, 5.41) is 0. The molecule has 5 nitrogen and oxygen atoms in total. The highest BCUT2D eigenvalue weighted by Gasteiger charge is 2.35. The Labute approximate surface area is 173 Å². The molecule has 0 radical (unpaired) electrons. The van der Waals surface area contributed by atoms with Crippen molar-refractivity contribution < 1.29 is 30.9 Å². The molecule has 164 valence electrons. The highest BCUT2D eigenvalue weighted by Crippen LogP contribution is 2.39. The van der Waals surface area contributed by atoms with Crippen molar-refractivity contribution in [2.24, 2.45) is 0 Å². The third-order valence-corrected chi connectivity index (χ3v) is 5.76. The number of carbonyl (C=O) groups is 1. The van der Waals surface area contributed by atoms with Crippen LogP contribution in [-0.4, -0.2) is 18.8 Å². The number of anilines is 1. The van der Waals surface area contributed by atoms with Crippen LogP contribution in [0.3, 0.4) is 0 Å². The summed E-state index contributed by atoms with van der Waals surface area (Å²) in [5.41, 5.74) is 4.91. The fourth-order valence-electron chi connectivity index (χ4n) is 3.52. The first kappa shape index (κ1) is 23.9. The minimum atomic E-state index is -4.72. The molecule has 0 unspecified atom stereocenters. The van der Waals surface area contributed by atoms with E-state index in [1.807, 2.05) is 0 Å². The van der Waals surface area contributed by atoms with Gasteiger partial charge in [-0.3, -0.25) is 9.35 Å². The highest BCUT2D eigenvalue weighted by atomic mass is 32.2. The predicted octanol–water partition coefficient (Wildman–Crippen LogP) is 5.21. The van der Waals surface area contributed by atoms with Crippen molar-refractivity contribution in [1.82, 2.24) is 0 Å². The molecule has 0 aromatic heterocycles. The van der Waals surface area contributed by atoms with Crippen molar-refractivity contribution in [3.63, 3.8) is 0 Å². The molecule has 0 aliphatic carbocycles. The number of rotatable bonds is 6. The second kappa shape index (κ2) is 8.39. The van der Waals surface area contributed by atoms with Crippen LogP contribution in [0.15, 0.2) is 35.2 Å². The van der Waals surface area contributed by atoms with Crippen molar-refractivity contribution in [2.45, 2.75) is 57.0 Å². The molecule has 0 aliphatic rings. The van der Waals surface area contributed by atoms with E-state index < -0.39 is 44.9 Å². The molecule has 0 atom stereocenters. The monoisotopic (exact) mass is 443 g/mol. The molecule has 2 rings (SSSR count). The molecule has 0 heterocycles. The number of halogens is 3. The number of hydrogen-bond donors (Lipinski definition) is 2. The number of hydrogen-bond acceptors (Lipinski definition) is 4. The van der Waals surface area contributed by atoms with Gasteiger partial charge in [0.15, 0.2) is 5.78 Å². The summed E-state index contributed by atoms with van der Waals surface area (Å²) in [7, 11) is -4.72. The lowest BCUT2D eigenvalue weighted by Gasteiger charge is -2.23. The first-order valence-electron chi connectivity index (χ1n) is 9.28. The SMILES string of the molecule is CC(C)c1cc(N)c(C(=O)Cc2ccccc2C(F)(F)F)c(C(C)C)c1S(=O)(=O)O. The van der Waals surface area contributed by atoms with Gasteiger partial charge >= 0.3 is 6.18 Å². The van der Waals surface area contributed by atoms with Gasteiger partial charge in [-0.25, -0.2) is 0 Å². The lowest BCUT2D eigenvalue weighted by Crippen LogP contribution is -2.19. The summed E-state index contributed by atoms with van der Waals surface area (Å²) in [4.78, 5) is 12.7. The molecule has 0 saturated heterocycles. The van der Waals surface area contributed by atoms with E-state index in [1.165, 1.54) is 24.3 Å². The second-order valence-electron chi connectivity index (χ2n) is 7.71. The number of carbonyl (C=O) groups excluding carboxylic acids is 1. The highest BCUT2D eigenvalue weighted by molar-refractivity contribution is 7.86. The van der Waals surface area contributed by atoms with E-state index >= 15 is 0 Å². The number of Topliss-reactive ketones (excluding diaryl/α,β-unsaturated/α-hetero) is 1. The molecular weight excluding hydrogens is 419 g/mol. The maximum Gasteiger partial charge on any atom is 0.416 e. The molecule has 9 heteroatoms. The van der Waals surface area contributed by atoms with Crippen LogP contribution < -0.4 is 5.73 Å². The minimum absolute atomic E-state index is 0.00990. The van der Waals surface area contributed by atoms with Crippen molar-refractivity contribution in [3.05, 3.63) is 58.1 Å². The maximum atomic E-state index is 13.3. The van der Waals surface area contributed by atoms with Crippen LogP contribution in [0, 0.1) is 0 Å². The maximum absolute atomic E-state index is 13.3. The summed E-state index contributed by atoms with van der Waals surface area (Å²) in [5.74, 6) is -1.63. The van der Waals surface area contributed by atoms with E-state index in [-0.39, 0.29) is 33.9 Å². The Kier molecular flexibility index (Phi) is 6.68. The van der Waals surface area contributed by atoms with Crippen LogP contribution in [0.1, 0.15) is 72.1 Å². The molecule has 3 N–H and O–H groups in total. The van der Waals surface area contributed by atoms with Gasteiger partial charge in [0, 0.05) is 17.7 Å². The Balaban J connectivity index is 2.76. The molecule has 0 fully saturated rings. The molecule has 2 aromatic carbocycles. The van der Waals surface area contributed by atoms with Gasteiger partial charge in [0.05, 0.1) is 5.56 Å². The average Bonchev–Trinajstić information content (AvgIpc) is 2.58. The standard InChI is InChI=1S/C21H24F3NO4S/c1-11(2)14-10-16(25)19(18(12(3)4)20(14)30(27,28)29)17(26)9-13-7-5-6-8-15(13)21(22,23)24/h5-8,10-12H,9,25H2,1-4H3,(H,27,28,29). The number of nitrogens with two attached hydrogens (primary N) is 1. The van der Waals surface area contributed by atoms with Gasteiger partial charge in [-0.05, 0) is 40.7 Å². The number of nitrogen functional groups attached to an aromatic ring is 1. The Hall–Kier alpha value is -2.39. The summed E-state index contributed by atoms with van der Waals surface area (Å²) in [6.45, 7) is 6.64.